The molecule has 116 valence electrons. The molecule has 20 heavy (non-hydrogen) atoms. The Hall–Kier alpha value is -0.610. The molecule has 0 bridgehead atoms. The molecule has 0 aromatic heterocycles. The Morgan fingerprint density at radius 2 is 1.95 bits per heavy atom. The fraction of sp³-hybridized carbons (Fsp3) is 0.938. The van der Waals surface area contributed by atoms with E-state index in [2.05, 4.69) is 12.2 Å². The highest BCUT2D eigenvalue weighted by Gasteiger charge is 2.54. The summed E-state index contributed by atoms with van der Waals surface area (Å²) in [6, 6.07) is 0.485. The molecule has 0 amide bonds. The molecule has 2 rings (SSSR count). The molecule has 4 nitrogen and oxygen atoms in total. The zero-order chi connectivity index (χ0) is 14.4. The highest BCUT2D eigenvalue weighted by molar-refractivity contribution is 5.82. The zero-order valence-corrected chi connectivity index (χ0v) is 13.0. The highest BCUT2D eigenvalue weighted by atomic mass is 16.5. The van der Waals surface area contributed by atoms with Gasteiger partial charge in [0.15, 0.2) is 0 Å². The molecule has 1 atom stereocenters. The van der Waals surface area contributed by atoms with Crippen LogP contribution in [0.3, 0.4) is 0 Å². The number of unbranched alkanes of at least 4 members (excludes halogenated alkanes) is 2. The van der Waals surface area contributed by atoms with E-state index < -0.39 is 5.54 Å². The van der Waals surface area contributed by atoms with Gasteiger partial charge in [0.2, 0.25) is 0 Å². The third-order valence-corrected chi connectivity index (χ3v) is 4.17. The third kappa shape index (κ3) is 4.19. The minimum absolute atomic E-state index is 0.107. The quantitative estimate of drug-likeness (QED) is 0.468. The number of nitrogens with one attached hydrogen (secondary N) is 1. The number of rotatable bonds is 11. The third-order valence-electron chi connectivity index (χ3n) is 4.17. The minimum Gasteiger partial charge on any atom is -0.465 e. The van der Waals surface area contributed by atoms with Crippen LogP contribution in [0.5, 0.6) is 0 Å². The summed E-state index contributed by atoms with van der Waals surface area (Å²) in [6.45, 7) is 5.71. The molecule has 0 heterocycles. The van der Waals surface area contributed by atoms with Crippen LogP contribution in [0.4, 0.5) is 0 Å². The Bertz CT molecular complexity index is 313. The second kappa shape index (κ2) is 7.41. The largest absolute Gasteiger partial charge is 0.465 e. The summed E-state index contributed by atoms with van der Waals surface area (Å²) < 4.78 is 11.2. The topological polar surface area (TPSA) is 47.6 Å². The van der Waals surface area contributed by atoms with Crippen molar-refractivity contribution in [3.05, 3.63) is 0 Å². The van der Waals surface area contributed by atoms with Crippen molar-refractivity contribution in [3.8, 4) is 0 Å². The van der Waals surface area contributed by atoms with Crippen LogP contribution in [0.15, 0.2) is 0 Å². The molecule has 0 spiro atoms. The van der Waals surface area contributed by atoms with Gasteiger partial charge in [0.1, 0.15) is 5.54 Å². The van der Waals surface area contributed by atoms with Gasteiger partial charge in [-0.25, -0.2) is 4.79 Å². The molecule has 2 fully saturated rings. The lowest BCUT2D eigenvalue weighted by Crippen LogP contribution is -2.59. The number of hydrogen-bond acceptors (Lipinski definition) is 4. The van der Waals surface area contributed by atoms with E-state index in [1.165, 1.54) is 25.7 Å². The average molecular weight is 283 g/mol. The van der Waals surface area contributed by atoms with Crippen LogP contribution in [-0.2, 0) is 14.3 Å². The van der Waals surface area contributed by atoms with E-state index in [0.29, 0.717) is 25.2 Å². The van der Waals surface area contributed by atoms with Crippen LogP contribution in [0.2, 0.25) is 0 Å². The Morgan fingerprint density at radius 1 is 1.20 bits per heavy atom. The lowest BCUT2D eigenvalue weighted by Gasteiger charge is -2.32. The van der Waals surface area contributed by atoms with E-state index in [-0.39, 0.29) is 5.97 Å². The second-order valence-electron chi connectivity index (χ2n) is 6.14. The molecule has 4 heteroatoms. The molecule has 0 aromatic rings. The van der Waals surface area contributed by atoms with Crippen molar-refractivity contribution in [2.24, 2.45) is 5.92 Å². The van der Waals surface area contributed by atoms with Crippen molar-refractivity contribution in [1.82, 2.24) is 5.32 Å². The number of hydrogen-bond donors (Lipinski definition) is 1. The molecule has 1 unspecified atom stereocenters. The van der Waals surface area contributed by atoms with Crippen molar-refractivity contribution < 1.29 is 14.3 Å². The van der Waals surface area contributed by atoms with Crippen molar-refractivity contribution in [3.63, 3.8) is 0 Å². The number of carbonyl (C=O) groups is 1. The number of ether oxygens (including phenoxy) is 2. The van der Waals surface area contributed by atoms with E-state index in [1.807, 2.05) is 6.92 Å². The van der Waals surface area contributed by atoms with Crippen molar-refractivity contribution in [1.29, 1.82) is 0 Å². The van der Waals surface area contributed by atoms with Gasteiger partial charge in [-0.2, -0.15) is 0 Å². The van der Waals surface area contributed by atoms with Gasteiger partial charge in [0.05, 0.1) is 13.2 Å². The molecular formula is C16H29NO3. The Labute approximate surface area is 122 Å². The van der Waals surface area contributed by atoms with E-state index in [0.717, 1.165) is 25.9 Å². The van der Waals surface area contributed by atoms with Gasteiger partial charge in [-0.15, -0.1) is 0 Å². The van der Waals surface area contributed by atoms with Crippen LogP contribution >= 0.6 is 0 Å². The smallest absolute Gasteiger partial charge is 0.329 e. The standard InChI is InChI=1S/C16H29NO3/c1-3-5-6-11-19-12-16(13-7-8-13,15(18)20-4-2)17-14-9-10-14/h13-14,17H,3-12H2,1-2H3. The number of carbonyl (C=O) groups excluding carboxylic acids is 1. The first-order chi connectivity index (χ1) is 9.73. The summed E-state index contributed by atoms with van der Waals surface area (Å²) >= 11 is 0. The normalized spacial score (nSPS) is 21.5. The SMILES string of the molecule is CCCCCOCC(NC1CC1)(C(=O)OCC)C1CC1. The summed E-state index contributed by atoms with van der Waals surface area (Å²) in [5.41, 5.74) is -0.580. The van der Waals surface area contributed by atoms with Crippen LogP contribution in [0.25, 0.3) is 0 Å². The van der Waals surface area contributed by atoms with Crippen LogP contribution in [0.1, 0.15) is 58.8 Å². The monoisotopic (exact) mass is 283 g/mol. The van der Waals surface area contributed by atoms with Crippen molar-refractivity contribution in [2.75, 3.05) is 19.8 Å². The fourth-order valence-corrected chi connectivity index (χ4v) is 2.68. The summed E-state index contributed by atoms with van der Waals surface area (Å²) in [7, 11) is 0. The fourth-order valence-electron chi connectivity index (χ4n) is 2.68. The summed E-state index contributed by atoms with van der Waals surface area (Å²) in [4.78, 5) is 12.5. The molecular weight excluding hydrogens is 254 g/mol. The van der Waals surface area contributed by atoms with E-state index >= 15 is 0 Å². The number of esters is 1. The summed E-state index contributed by atoms with van der Waals surface area (Å²) in [5.74, 6) is 0.290. The lowest BCUT2D eigenvalue weighted by atomic mass is 9.93. The van der Waals surface area contributed by atoms with E-state index in [1.54, 1.807) is 0 Å². The molecule has 0 aliphatic heterocycles. The summed E-state index contributed by atoms with van der Waals surface area (Å²) in [6.07, 6.45) is 8.01. The van der Waals surface area contributed by atoms with E-state index in [4.69, 9.17) is 9.47 Å². The molecule has 2 saturated carbocycles. The maximum atomic E-state index is 12.5. The minimum atomic E-state index is -0.580. The molecule has 2 aliphatic rings. The van der Waals surface area contributed by atoms with Crippen LogP contribution in [0, 0.1) is 5.92 Å². The van der Waals surface area contributed by atoms with Gasteiger partial charge >= 0.3 is 5.97 Å². The predicted octanol–water partition coefficient (Wildman–Crippen LogP) is 2.66. The van der Waals surface area contributed by atoms with Gasteiger partial charge in [-0.3, -0.25) is 5.32 Å². The van der Waals surface area contributed by atoms with Gasteiger partial charge in [-0.1, -0.05) is 19.8 Å². The molecule has 0 aromatic carbocycles. The van der Waals surface area contributed by atoms with Gasteiger partial charge < -0.3 is 9.47 Å². The van der Waals surface area contributed by atoms with Crippen molar-refractivity contribution in [2.45, 2.75) is 70.4 Å². The molecule has 2 aliphatic carbocycles. The Morgan fingerprint density at radius 3 is 2.50 bits per heavy atom. The maximum absolute atomic E-state index is 12.5. The molecule has 1 N–H and O–H groups in total. The first-order valence-corrected chi connectivity index (χ1v) is 8.25. The zero-order valence-electron chi connectivity index (χ0n) is 13.0. The molecule has 0 saturated heterocycles. The molecule has 0 radical (unpaired) electrons. The van der Waals surface area contributed by atoms with Gasteiger partial charge in [-0.05, 0) is 44.9 Å². The predicted molar refractivity (Wildman–Crippen MR) is 78.6 cm³/mol. The average Bonchev–Trinajstić information content (AvgIpc) is 3.29. The van der Waals surface area contributed by atoms with E-state index in [9.17, 15) is 4.79 Å². The van der Waals surface area contributed by atoms with Gasteiger partial charge in [0, 0.05) is 12.6 Å². The Kier molecular flexibility index (Phi) is 5.85. The highest BCUT2D eigenvalue weighted by Crippen LogP contribution is 2.42. The first-order valence-electron chi connectivity index (χ1n) is 8.25. The van der Waals surface area contributed by atoms with Crippen molar-refractivity contribution >= 4 is 5.97 Å². The maximum Gasteiger partial charge on any atom is 0.329 e. The van der Waals surface area contributed by atoms with Crippen LogP contribution < -0.4 is 5.32 Å². The summed E-state index contributed by atoms with van der Waals surface area (Å²) in [5, 5.41) is 3.54. The lowest BCUT2D eigenvalue weighted by molar-refractivity contribution is -0.155. The van der Waals surface area contributed by atoms with Gasteiger partial charge in [0.25, 0.3) is 0 Å². The second-order valence-corrected chi connectivity index (χ2v) is 6.14. The first kappa shape index (κ1) is 15.8. The van der Waals surface area contributed by atoms with Crippen LogP contribution in [-0.4, -0.2) is 37.4 Å². The Balaban J connectivity index is 1.91.